The van der Waals surface area contributed by atoms with Crippen LogP contribution in [0.2, 0.25) is 0 Å². The Morgan fingerprint density at radius 1 is 1.12 bits per heavy atom. The van der Waals surface area contributed by atoms with Crippen LogP contribution in [0.25, 0.3) is 0 Å². The summed E-state index contributed by atoms with van der Waals surface area (Å²) in [7, 11) is 0. The standard InChI is InChI=1S/C12H18N2O3/c15-10-4-2-1-3-9(10)14-12(17)11(16)13-7-8-5-6-8/h8-9H,1-7H2,(H,13,16)(H,14,17). The third-order valence-corrected chi connectivity index (χ3v) is 3.31. The lowest BCUT2D eigenvalue weighted by Gasteiger charge is -2.21. The Bertz CT molecular complexity index is 337. The zero-order valence-electron chi connectivity index (χ0n) is 9.83. The molecule has 0 aromatic carbocycles. The van der Waals surface area contributed by atoms with Gasteiger partial charge in [0.15, 0.2) is 5.78 Å². The van der Waals surface area contributed by atoms with Crippen molar-refractivity contribution in [2.75, 3.05) is 6.54 Å². The first-order chi connectivity index (χ1) is 8.16. The molecular weight excluding hydrogens is 220 g/mol. The van der Waals surface area contributed by atoms with Crippen LogP contribution in [-0.2, 0) is 14.4 Å². The Kier molecular flexibility index (Phi) is 3.76. The summed E-state index contributed by atoms with van der Waals surface area (Å²) >= 11 is 0. The topological polar surface area (TPSA) is 75.3 Å². The second kappa shape index (κ2) is 5.29. The van der Waals surface area contributed by atoms with Crippen molar-refractivity contribution in [3.05, 3.63) is 0 Å². The lowest BCUT2D eigenvalue weighted by Crippen LogP contribution is -2.48. The highest BCUT2D eigenvalue weighted by Crippen LogP contribution is 2.27. The molecule has 0 spiro atoms. The van der Waals surface area contributed by atoms with Gasteiger partial charge in [0.2, 0.25) is 0 Å². The second-order valence-electron chi connectivity index (χ2n) is 4.89. The first-order valence-electron chi connectivity index (χ1n) is 6.28. The van der Waals surface area contributed by atoms with Crippen molar-refractivity contribution in [1.29, 1.82) is 0 Å². The van der Waals surface area contributed by atoms with Crippen LogP contribution in [0.15, 0.2) is 0 Å². The first-order valence-corrected chi connectivity index (χ1v) is 6.28. The fraction of sp³-hybridized carbons (Fsp3) is 0.750. The minimum Gasteiger partial charge on any atom is -0.348 e. The number of hydrogen-bond acceptors (Lipinski definition) is 3. The van der Waals surface area contributed by atoms with Gasteiger partial charge in [0.05, 0.1) is 6.04 Å². The summed E-state index contributed by atoms with van der Waals surface area (Å²) in [4.78, 5) is 34.4. The number of nitrogens with one attached hydrogen (secondary N) is 2. The van der Waals surface area contributed by atoms with Crippen molar-refractivity contribution in [2.24, 2.45) is 5.92 Å². The van der Waals surface area contributed by atoms with E-state index in [4.69, 9.17) is 0 Å². The van der Waals surface area contributed by atoms with Crippen LogP contribution in [0.1, 0.15) is 38.5 Å². The molecule has 1 unspecified atom stereocenters. The van der Waals surface area contributed by atoms with E-state index in [0.717, 1.165) is 25.7 Å². The third kappa shape index (κ3) is 3.54. The first kappa shape index (κ1) is 12.1. The van der Waals surface area contributed by atoms with Crippen molar-refractivity contribution in [2.45, 2.75) is 44.6 Å². The highest BCUT2D eigenvalue weighted by molar-refractivity contribution is 6.35. The van der Waals surface area contributed by atoms with Gasteiger partial charge in [0, 0.05) is 13.0 Å². The molecule has 0 aliphatic heterocycles. The van der Waals surface area contributed by atoms with Crippen LogP contribution in [0.3, 0.4) is 0 Å². The summed E-state index contributed by atoms with van der Waals surface area (Å²) in [6.07, 6.45) is 5.24. The van der Waals surface area contributed by atoms with Crippen LogP contribution >= 0.6 is 0 Å². The smallest absolute Gasteiger partial charge is 0.309 e. The van der Waals surface area contributed by atoms with Gasteiger partial charge < -0.3 is 10.6 Å². The zero-order valence-corrected chi connectivity index (χ0v) is 9.83. The minimum absolute atomic E-state index is 0.0413. The maximum absolute atomic E-state index is 11.5. The molecule has 2 rings (SSSR count). The van der Waals surface area contributed by atoms with E-state index in [2.05, 4.69) is 10.6 Å². The normalized spacial score (nSPS) is 24.2. The second-order valence-corrected chi connectivity index (χ2v) is 4.89. The number of rotatable bonds is 3. The van der Waals surface area contributed by atoms with Gasteiger partial charge in [-0.15, -0.1) is 0 Å². The average molecular weight is 238 g/mol. The van der Waals surface area contributed by atoms with E-state index in [9.17, 15) is 14.4 Å². The van der Waals surface area contributed by atoms with Crippen LogP contribution in [0.4, 0.5) is 0 Å². The van der Waals surface area contributed by atoms with Crippen molar-refractivity contribution >= 4 is 17.6 Å². The molecule has 2 N–H and O–H groups in total. The summed E-state index contributed by atoms with van der Waals surface area (Å²) in [6, 6.07) is -0.456. The highest BCUT2D eigenvalue weighted by Gasteiger charge is 2.27. The highest BCUT2D eigenvalue weighted by atomic mass is 16.2. The molecule has 17 heavy (non-hydrogen) atoms. The van der Waals surface area contributed by atoms with Crippen LogP contribution in [0.5, 0.6) is 0 Å². The molecule has 2 fully saturated rings. The Labute approximate surface area is 100 Å². The van der Waals surface area contributed by atoms with E-state index in [1.165, 1.54) is 0 Å². The summed E-state index contributed by atoms with van der Waals surface area (Å²) in [5, 5.41) is 5.10. The average Bonchev–Trinajstić information content (AvgIpc) is 3.13. The van der Waals surface area contributed by atoms with Crippen LogP contribution < -0.4 is 10.6 Å². The molecule has 5 heteroatoms. The molecule has 0 heterocycles. The molecule has 5 nitrogen and oxygen atoms in total. The fourth-order valence-corrected chi connectivity index (χ4v) is 2.00. The Morgan fingerprint density at radius 2 is 1.88 bits per heavy atom. The summed E-state index contributed by atoms with van der Waals surface area (Å²) in [5.74, 6) is -0.705. The Hall–Kier alpha value is -1.39. The van der Waals surface area contributed by atoms with E-state index in [1.807, 2.05) is 0 Å². The number of amides is 2. The summed E-state index contributed by atoms with van der Waals surface area (Å²) in [6.45, 7) is 0.574. The van der Waals surface area contributed by atoms with Gasteiger partial charge in [0.1, 0.15) is 0 Å². The van der Waals surface area contributed by atoms with Gasteiger partial charge >= 0.3 is 11.8 Å². The van der Waals surface area contributed by atoms with Gasteiger partial charge in [-0.2, -0.15) is 0 Å². The predicted molar refractivity (Wildman–Crippen MR) is 61.1 cm³/mol. The maximum atomic E-state index is 11.5. The Balaban J connectivity index is 1.74. The van der Waals surface area contributed by atoms with Crippen LogP contribution in [-0.4, -0.2) is 30.2 Å². The SMILES string of the molecule is O=C(NCC1CC1)C(=O)NC1CCCCC1=O. The van der Waals surface area contributed by atoms with Crippen molar-refractivity contribution < 1.29 is 14.4 Å². The largest absolute Gasteiger partial charge is 0.348 e. The van der Waals surface area contributed by atoms with E-state index in [1.54, 1.807) is 0 Å². The zero-order chi connectivity index (χ0) is 12.3. The van der Waals surface area contributed by atoms with Gasteiger partial charge in [-0.1, -0.05) is 6.42 Å². The molecular formula is C12H18N2O3. The lowest BCUT2D eigenvalue weighted by molar-refractivity contribution is -0.140. The fourth-order valence-electron chi connectivity index (χ4n) is 2.00. The monoisotopic (exact) mass is 238 g/mol. The lowest BCUT2D eigenvalue weighted by atomic mass is 9.94. The van der Waals surface area contributed by atoms with Crippen molar-refractivity contribution in [3.63, 3.8) is 0 Å². The molecule has 0 aromatic heterocycles. The number of carbonyl (C=O) groups is 3. The van der Waals surface area contributed by atoms with Crippen molar-refractivity contribution in [1.82, 2.24) is 10.6 Å². The quantitative estimate of drug-likeness (QED) is 0.687. The van der Waals surface area contributed by atoms with E-state index in [0.29, 0.717) is 25.3 Å². The molecule has 0 bridgehead atoms. The molecule has 1 atom stereocenters. The molecule has 2 saturated carbocycles. The molecule has 2 aliphatic carbocycles. The third-order valence-electron chi connectivity index (χ3n) is 3.31. The molecule has 0 aromatic rings. The predicted octanol–water partition coefficient (Wildman–Crippen LogP) is 0.140. The van der Waals surface area contributed by atoms with Crippen LogP contribution in [0, 0.1) is 5.92 Å². The molecule has 2 amide bonds. The van der Waals surface area contributed by atoms with Gasteiger partial charge in [0.25, 0.3) is 0 Å². The Morgan fingerprint density at radius 3 is 2.53 bits per heavy atom. The van der Waals surface area contributed by atoms with Gasteiger partial charge in [-0.3, -0.25) is 14.4 Å². The molecule has 2 aliphatic rings. The van der Waals surface area contributed by atoms with Gasteiger partial charge in [-0.25, -0.2) is 0 Å². The van der Waals surface area contributed by atoms with E-state index < -0.39 is 17.9 Å². The summed E-state index contributed by atoms with van der Waals surface area (Å²) < 4.78 is 0. The number of Topliss-reactive ketones (excluding diaryl/α,β-unsaturated/α-hetero) is 1. The molecule has 94 valence electrons. The van der Waals surface area contributed by atoms with Crippen molar-refractivity contribution in [3.8, 4) is 0 Å². The van der Waals surface area contributed by atoms with Gasteiger partial charge in [-0.05, 0) is 31.6 Å². The molecule has 0 radical (unpaired) electrons. The molecule has 0 saturated heterocycles. The maximum Gasteiger partial charge on any atom is 0.309 e. The van der Waals surface area contributed by atoms with E-state index in [-0.39, 0.29) is 5.78 Å². The number of hydrogen-bond donors (Lipinski definition) is 2. The number of carbonyl (C=O) groups excluding carboxylic acids is 3. The number of ketones is 1. The minimum atomic E-state index is -0.675. The summed E-state index contributed by atoms with van der Waals surface area (Å²) in [5.41, 5.74) is 0. The van der Waals surface area contributed by atoms with E-state index >= 15 is 0 Å².